The molecule has 1 aromatic carbocycles. The van der Waals surface area contributed by atoms with Gasteiger partial charge in [-0.1, -0.05) is 67.1 Å². The Morgan fingerprint density at radius 2 is 1.77 bits per heavy atom. The summed E-state index contributed by atoms with van der Waals surface area (Å²) in [6, 6.07) is 8.32. The third-order valence-corrected chi connectivity index (χ3v) is 4.40. The van der Waals surface area contributed by atoms with E-state index in [9.17, 15) is 0 Å². The predicted octanol–water partition coefficient (Wildman–Crippen LogP) is 5.14. The van der Waals surface area contributed by atoms with Crippen LogP contribution < -0.4 is 0 Å². The van der Waals surface area contributed by atoms with E-state index in [1.54, 1.807) is 0 Å². The number of benzene rings is 1. The van der Waals surface area contributed by atoms with Crippen LogP contribution in [0.2, 0.25) is 0 Å². The Kier molecular flexibility index (Phi) is 4.04. The van der Waals surface area contributed by atoms with Crippen molar-refractivity contribution in [2.45, 2.75) is 37.4 Å². The Balaban J connectivity index is 1.84. The molecule has 1 heterocycles. The van der Waals surface area contributed by atoms with Crippen molar-refractivity contribution >= 4 is 21.5 Å². The Morgan fingerprint density at radius 3 is 2.36 bits per heavy atom. The van der Waals surface area contributed by atoms with Gasteiger partial charge in [0.15, 0.2) is 0 Å². The van der Waals surface area contributed by atoms with Crippen LogP contribution in [0, 0.1) is 0 Å². The van der Waals surface area contributed by atoms with E-state index in [2.05, 4.69) is 71.2 Å². The first-order chi connectivity index (χ1) is 10.4. The van der Waals surface area contributed by atoms with Crippen LogP contribution in [0.25, 0.3) is 17.0 Å². The molecule has 1 aliphatic carbocycles. The van der Waals surface area contributed by atoms with Gasteiger partial charge < -0.3 is 4.42 Å². The average molecular weight is 359 g/mol. The molecule has 0 spiro atoms. The summed E-state index contributed by atoms with van der Waals surface area (Å²) in [7, 11) is 0. The first-order valence-electron chi connectivity index (χ1n) is 7.41. The van der Waals surface area contributed by atoms with Crippen LogP contribution in [0.4, 0.5) is 0 Å². The van der Waals surface area contributed by atoms with Crippen LogP contribution in [-0.2, 0) is 5.41 Å². The molecule has 0 aliphatic heterocycles. The van der Waals surface area contributed by atoms with Gasteiger partial charge in [-0.25, -0.2) is 0 Å². The lowest BCUT2D eigenvalue weighted by Crippen LogP contribution is -2.10. The number of allylic oxidation sites excluding steroid dienone is 4. The maximum absolute atomic E-state index is 5.81. The summed E-state index contributed by atoms with van der Waals surface area (Å²) in [6.45, 7) is 6.60. The van der Waals surface area contributed by atoms with E-state index in [0.29, 0.717) is 16.6 Å². The maximum atomic E-state index is 5.81. The molecule has 3 nitrogen and oxygen atoms in total. The molecule has 0 N–H and O–H groups in total. The lowest BCUT2D eigenvalue weighted by molar-refractivity contribution is 0.553. The van der Waals surface area contributed by atoms with Gasteiger partial charge in [-0.05, 0) is 29.5 Å². The van der Waals surface area contributed by atoms with Crippen molar-refractivity contribution in [3.63, 3.8) is 0 Å². The normalized spacial score (nSPS) is 18.4. The number of halogens is 1. The fourth-order valence-corrected chi connectivity index (χ4v) is 2.66. The minimum atomic E-state index is 0.141. The predicted molar refractivity (Wildman–Crippen MR) is 92.9 cm³/mol. The van der Waals surface area contributed by atoms with Crippen LogP contribution in [0.3, 0.4) is 0 Å². The number of nitrogens with zero attached hydrogens (tertiary/aromatic N) is 2. The van der Waals surface area contributed by atoms with Gasteiger partial charge in [0.1, 0.15) is 0 Å². The minimum absolute atomic E-state index is 0.141. The van der Waals surface area contributed by atoms with Crippen LogP contribution in [0.15, 0.2) is 46.9 Å². The molecule has 0 saturated carbocycles. The van der Waals surface area contributed by atoms with E-state index in [-0.39, 0.29) is 5.41 Å². The van der Waals surface area contributed by atoms with Crippen LogP contribution in [0.5, 0.6) is 0 Å². The Hall–Kier alpha value is -1.68. The Labute approximate surface area is 139 Å². The fourth-order valence-electron chi connectivity index (χ4n) is 2.32. The SMILES string of the molecule is CC(C)(C)c1ccc(-c2nnc(C3=CCC(Br)C=C3)o2)cc1. The van der Waals surface area contributed by atoms with Crippen molar-refractivity contribution in [2.24, 2.45) is 0 Å². The molecule has 1 unspecified atom stereocenters. The summed E-state index contributed by atoms with van der Waals surface area (Å²) in [4.78, 5) is 0.392. The van der Waals surface area contributed by atoms with Crippen molar-refractivity contribution in [1.82, 2.24) is 10.2 Å². The lowest BCUT2D eigenvalue weighted by Gasteiger charge is -2.18. The molecule has 114 valence electrons. The van der Waals surface area contributed by atoms with Gasteiger partial charge >= 0.3 is 0 Å². The van der Waals surface area contributed by atoms with E-state index in [1.807, 2.05) is 18.2 Å². The topological polar surface area (TPSA) is 38.9 Å². The highest BCUT2D eigenvalue weighted by molar-refractivity contribution is 9.09. The average Bonchev–Trinajstić information content (AvgIpc) is 2.97. The molecule has 2 aromatic rings. The fraction of sp³-hybridized carbons (Fsp3) is 0.333. The molecule has 4 heteroatoms. The molecule has 0 fully saturated rings. The number of aromatic nitrogens is 2. The zero-order valence-electron chi connectivity index (χ0n) is 13.0. The van der Waals surface area contributed by atoms with Gasteiger partial charge in [-0.3, -0.25) is 0 Å². The molecule has 0 bridgehead atoms. The van der Waals surface area contributed by atoms with Crippen molar-refractivity contribution in [1.29, 1.82) is 0 Å². The number of hydrogen-bond donors (Lipinski definition) is 0. The van der Waals surface area contributed by atoms with Crippen LogP contribution >= 0.6 is 15.9 Å². The molecule has 0 saturated heterocycles. The second kappa shape index (κ2) is 5.84. The van der Waals surface area contributed by atoms with Crippen LogP contribution in [-0.4, -0.2) is 15.0 Å². The maximum Gasteiger partial charge on any atom is 0.248 e. The first-order valence-corrected chi connectivity index (χ1v) is 8.32. The third-order valence-electron chi connectivity index (χ3n) is 3.72. The zero-order valence-corrected chi connectivity index (χ0v) is 14.6. The molecule has 0 radical (unpaired) electrons. The van der Waals surface area contributed by atoms with Gasteiger partial charge in [0.05, 0.1) is 0 Å². The Bertz CT molecular complexity index is 720. The number of rotatable bonds is 2. The van der Waals surface area contributed by atoms with Gasteiger partial charge in [0, 0.05) is 16.0 Å². The van der Waals surface area contributed by atoms with E-state index >= 15 is 0 Å². The van der Waals surface area contributed by atoms with Crippen molar-refractivity contribution < 1.29 is 4.42 Å². The molecule has 22 heavy (non-hydrogen) atoms. The molecule has 3 rings (SSSR count). The van der Waals surface area contributed by atoms with Crippen LogP contribution in [0.1, 0.15) is 38.6 Å². The van der Waals surface area contributed by atoms with Gasteiger partial charge in [-0.15, -0.1) is 10.2 Å². The van der Waals surface area contributed by atoms with Crippen molar-refractivity contribution in [3.05, 3.63) is 53.9 Å². The van der Waals surface area contributed by atoms with E-state index in [4.69, 9.17) is 4.42 Å². The highest BCUT2D eigenvalue weighted by Gasteiger charge is 2.16. The van der Waals surface area contributed by atoms with Gasteiger partial charge in [-0.2, -0.15) is 0 Å². The standard InChI is InChI=1S/C18H19BrN2O/c1-18(2,3)14-8-4-12(5-9-14)16-20-21-17(22-16)13-6-10-15(19)11-7-13/h4-10,15H,11H2,1-3H3. The smallest absolute Gasteiger partial charge is 0.248 e. The summed E-state index contributed by atoms with van der Waals surface area (Å²) in [5.74, 6) is 1.14. The molecule has 1 atom stereocenters. The molecule has 1 aromatic heterocycles. The lowest BCUT2D eigenvalue weighted by atomic mass is 9.87. The van der Waals surface area contributed by atoms with Gasteiger partial charge in [0.2, 0.25) is 11.8 Å². The third kappa shape index (κ3) is 3.22. The molecule has 0 amide bonds. The van der Waals surface area contributed by atoms with E-state index in [1.165, 1.54) is 5.56 Å². The Morgan fingerprint density at radius 1 is 1.09 bits per heavy atom. The summed E-state index contributed by atoms with van der Waals surface area (Å²) >= 11 is 3.55. The number of alkyl halides is 1. The molecular formula is C18H19BrN2O. The first kappa shape index (κ1) is 15.2. The molecule has 1 aliphatic rings. The van der Waals surface area contributed by atoms with E-state index < -0.39 is 0 Å². The van der Waals surface area contributed by atoms with Crippen molar-refractivity contribution in [3.8, 4) is 11.5 Å². The van der Waals surface area contributed by atoms with Crippen molar-refractivity contribution in [2.75, 3.05) is 0 Å². The second-order valence-electron chi connectivity index (χ2n) is 6.51. The summed E-state index contributed by atoms with van der Waals surface area (Å²) < 4.78 is 5.81. The quantitative estimate of drug-likeness (QED) is 0.697. The summed E-state index contributed by atoms with van der Waals surface area (Å²) in [6.07, 6.45) is 7.16. The highest BCUT2D eigenvalue weighted by Crippen LogP contribution is 2.28. The second-order valence-corrected chi connectivity index (χ2v) is 7.69. The molecular weight excluding hydrogens is 340 g/mol. The highest BCUT2D eigenvalue weighted by atomic mass is 79.9. The largest absolute Gasteiger partial charge is 0.416 e. The zero-order chi connectivity index (χ0) is 15.7. The number of hydrogen-bond acceptors (Lipinski definition) is 3. The monoisotopic (exact) mass is 358 g/mol. The van der Waals surface area contributed by atoms with Gasteiger partial charge in [0.25, 0.3) is 0 Å². The summed E-state index contributed by atoms with van der Waals surface area (Å²) in [5.41, 5.74) is 3.37. The minimum Gasteiger partial charge on any atom is -0.416 e. The van der Waals surface area contributed by atoms with E-state index in [0.717, 1.165) is 17.6 Å². The summed E-state index contributed by atoms with van der Waals surface area (Å²) in [5, 5.41) is 8.33.